The molecule has 1 unspecified atom stereocenters. The molecule has 8 nitrogen and oxygen atoms in total. The lowest BCUT2D eigenvalue weighted by Crippen LogP contribution is -2.05. The molecule has 1 N–H and O–H groups in total. The van der Waals surface area contributed by atoms with Crippen LogP contribution in [-0.2, 0) is 4.84 Å². The zero-order chi connectivity index (χ0) is 17.9. The van der Waals surface area contributed by atoms with Crippen LogP contribution in [-0.4, -0.2) is 46.3 Å². The van der Waals surface area contributed by atoms with E-state index in [4.69, 9.17) is 23.8 Å². The summed E-state index contributed by atoms with van der Waals surface area (Å²) in [5, 5.41) is 17.2. The first-order valence-electron chi connectivity index (χ1n) is 7.70. The van der Waals surface area contributed by atoms with Crippen LogP contribution in [0, 0.1) is 0 Å². The van der Waals surface area contributed by atoms with Gasteiger partial charge in [0.1, 0.15) is 12.3 Å². The number of rotatable bonds is 11. The number of ether oxygens (including phenoxy) is 4. The highest BCUT2D eigenvalue weighted by molar-refractivity contribution is 5.70. The van der Waals surface area contributed by atoms with E-state index >= 15 is 0 Å². The monoisotopic (exact) mass is 342 g/mol. The third kappa shape index (κ3) is 5.16. The van der Waals surface area contributed by atoms with E-state index in [1.165, 1.54) is 28.4 Å². The number of aliphatic hydroxyl groups excluding tert-OH is 1. The summed E-state index contributed by atoms with van der Waals surface area (Å²) in [5.41, 5.74) is 0.389. The quantitative estimate of drug-likeness (QED) is 0.377. The lowest BCUT2D eigenvalue weighted by Gasteiger charge is -2.16. The molecule has 0 aliphatic heterocycles. The van der Waals surface area contributed by atoms with E-state index in [1.54, 1.807) is 6.07 Å². The van der Waals surface area contributed by atoms with Crippen molar-refractivity contribution in [2.45, 2.75) is 32.3 Å². The fraction of sp³-hybridized carbons (Fsp3) is 0.625. The molecule has 1 aromatic carbocycles. The Balaban J connectivity index is 2.85. The van der Waals surface area contributed by atoms with Gasteiger partial charge in [-0.2, -0.15) is 0 Å². The predicted molar refractivity (Wildman–Crippen MR) is 88.6 cm³/mol. The van der Waals surface area contributed by atoms with Crippen molar-refractivity contribution < 1.29 is 28.9 Å². The molecule has 0 aliphatic rings. The molecule has 0 saturated carbocycles. The molecule has 0 heterocycles. The van der Waals surface area contributed by atoms with Crippen LogP contribution in [0.4, 0.5) is 5.69 Å². The molecule has 0 bridgehead atoms. The van der Waals surface area contributed by atoms with Crippen LogP contribution in [0.2, 0.25) is 0 Å². The Hall–Kier alpha value is -2.22. The highest BCUT2D eigenvalue weighted by atomic mass is 16.6. The van der Waals surface area contributed by atoms with Crippen molar-refractivity contribution in [3.63, 3.8) is 0 Å². The van der Waals surface area contributed by atoms with Crippen molar-refractivity contribution in [2.24, 2.45) is 10.4 Å². The Kier molecular flexibility index (Phi) is 8.70. The highest BCUT2D eigenvalue weighted by Gasteiger charge is 2.21. The van der Waals surface area contributed by atoms with Crippen molar-refractivity contribution in [1.29, 1.82) is 0 Å². The molecule has 136 valence electrons. The molecule has 1 rings (SSSR count). The Morgan fingerprint density at radius 1 is 1.00 bits per heavy atom. The molecule has 1 aromatic rings. The standard InChI is InChI=1S/C16H26N2O6/c1-6-11(19)8-7-9-24-18-17-12-10-13(20-2)15(22-4)16(23-5)14(12)21-3/h10-11,19H,6-9H2,1-5H3. The Bertz CT molecular complexity index is 536. The number of hydrogen-bond donors (Lipinski definition) is 1. The van der Waals surface area contributed by atoms with E-state index in [2.05, 4.69) is 10.4 Å². The van der Waals surface area contributed by atoms with Gasteiger partial charge in [0.05, 0.1) is 34.5 Å². The third-order valence-electron chi connectivity index (χ3n) is 3.42. The van der Waals surface area contributed by atoms with Crippen LogP contribution < -0.4 is 18.9 Å². The van der Waals surface area contributed by atoms with Gasteiger partial charge in [0.2, 0.25) is 11.5 Å². The number of hydrogen-bond acceptors (Lipinski definition) is 8. The molecule has 1 atom stereocenters. The first-order valence-corrected chi connectivity index (χ1v) is 7.70. The summed E-state index contributed by atoms with van der Waals surface area (Å²) in [4.78, 5) is 5.11. The van der Waals surface area contributed by atoms with E-state index in [0.717, 1.165) is 6.42 Å². The van der Waals surface area contributed by atoms with Crippen molar-refractivity contribution in [3.05, 3.63) is 6.07 Å². The summed E-state index contributed by atoms with van der Waals surface area (Å²) < 4.78 is 21.2. The summed E-state index contributed by atoms with van der Waals surface area (Å²) in [6, 6.07) is 1.62. The van der Waals surface area contributed by atoms with E-state index in [-0.39, 0.29) is 6.10 Å². The van der Waals surface area contributed by atoms with Crippen molar-refractivity contribution in [1.82, 2.24) is 0 Å². The topological polar surface area (TPSA) is 91.1 Å². The maximum atomic E-state index is 9.46. The second kappa shape index (κ2) is 10.5. The van der Waals surface area contributed by atoms with Crippen molar-refractivity contribution in [2.75, 3.05) is 35.0 Å². The molecule has 0 fully saturated rings. The summed E-state index contributed by atoms with van der Waals surface area (Å²) in [5.74, 6) is 1.57. The smallest absolute Gasteiger partial charge is 0.209 e. The number of nitrogens with zero attached hydrogens (tertiary/aromatic N) is 2. The summed E-state index contributed by atoms with van der Waals surface area (Å²) in [6.07, 6.45) is 1.78. The average molecular weight is 342 g/mol. The SMILES string of the molecule is CCC(O)CCCON=Nc1cc(OC)c(OC)c(OC)c1OC. The van der Waals surface area contributed by atoms with Gasteiger partial charge in [-0.05, 0) is 19.3 Å². The van der Waals surface area contributed by atoms with Crippen molar-refractivity contribution in [3.8, 4) is 23.0 Å². The van der Waals surface area contributed by atoms with Gasteiger partial charge in [0.25, 0.3) is 0 Å². The number of benzene rings is 1. The summed E-state index contributed by atoms with van der Waals surface area (Å²) in [6.45, 7) is 2.30. The maximum absolute atomic E-state index is 9.46. The molecule has 8 heteroatoms. The van der Waals surface area contributed by atoms with Gasteiger partial charge < -0.3 is 28.9 Å². The van der Waals surface area contributed by atoms with Gasteiger partial charge in [0.15, 0.2) is 11.5 Å². The molecule has 0 radical (unpaired) electrons. The van der Waals surface area contributed by atoms with E-state index in [0.29, 0.717) is 48.1 Å². The predicted octanol–water partition coefficient (Wildman–Crippen LogP) is 3.29. The Labute approximate surface area is 142 Å². The van der Waals surface area contributed by atoms with Crippen LogP contribution in [0.1, 0.15) is 26.2 Å². The minimum absolute atomic E-state index is 0.305. The molecular formula is C16H26N2O6. The minimum atomic E-state index is -0.305. The van der Waals surface area contributed by atoms with Gasteiger partial charge in [0, 0.05) is 11.3 Å². The third-order valence-corrected chi connectivity index (χ3v) is 3.42. The van der Waals surface area contributed by atoms with Gasteiger partial charge in [-0.25, -0.2) is 0 Å². The number of methoxy groups -OCH3 is 4. The first-order chi connectivity index (χ1) is 11.6. The Morgan fingerprint density at radius 3 is 2.21 bits per heavy atom. The Morgan fingerprint density at radius 2 is 1.67 bits per heavy atom. The van der Waals surface area contributed by atoms with E-state index in [9.17, 15) is 5.11 Å². The van der Waals surface area contributed by atoms with Gasteiger partial charge in [-0.1, -0.05) is 6.92 Å². The molecule has 24 heavy (non-hydrogen) atoms. The normalized spacial score (nSPS) is 12.1. The van der Waals surface area contributed by atoms with E-state index in [1.807, 2.05) is 6.92 Å². The van der Waals surface area contributed by atoms with Crippen LogP contribution in [0.15, 0.2) is 16.5 Å². The molecule has 0 aliphatic carbocycles. The second-order valence-electron chi connectivity index (χ2n) is 4.92. The zero-order valence-electron chi connectivity index (χ0n) is 14.9. The van der Waals surface area contributed by atoms with Gasteiger partial charge in [-0.15, -0.1) is 5.11 Å². The fourth-order valence-electron chi connectivity index (χ4n) is 2.09. The minimum Gasteiger partial charge on any atom is -0.493 e. The average Bonchev–Trinajstić information content (AvgIpc) is 2.62. The fourth-order valence-corrected chi connectivity index (χ4v) is 2.09. The second-order valence-corrected chi connectivity index (χ2v) is 4.92. The lowest BCUT2D eigenvalue weighted by atomic mass is 10.2. The van der Waals surface area contributed by atoms with E-state index < -0.39 is 0 Å². The molecule has 0 saturated heterocycles. The van der Waals surface area contributed by atoms with Crippen LogP contribution >= 0.6 is 0 Å². The molecule has 0 aromatic heterocycles. The maximum Gasteiger partial charge on any atom is 0.209 e. The lowest BCUT2D eigenvalue weighted by molar-refractivity contribution is 0.0993. The highest BCUT2D eigenvalue weighted by Crippen LogP contribution is 2.50. The molecular weight excluding hydrogens is 316 g/mol. The van der Waals surface area contributed by atoms with Crippen molar-refractivity contribution >= 4 is 5.69 Å². The first kappa shape index (κ1) is 19.8. The largest absolute Gasteiger partial charge is 0.493 e. The van der Waals surface area contributed by atoms with Crippen LogP contribution in [0.25, 0.3) is 0 Å². The van der Waals surface area contributed by atoms with Gasteiger partial charge in [-0.3, -0.25) is 0 Å². The number of aliphatic hydroxyl groups is 1. The van der Waals surface area contributed by atoms with Gasteiger partial charge >= 0.3 is 0 Å². The van der Waals surface area contributed by atoms with Crippen LogP contribution in [0.5, 0.6) is 23.0 Å². The zero-order valence-corrected chi connectivity index (χ0v) is 14.9. The van der Waals surface area contributed by atoms with Crippen LogP contribution in [0.3, 0.4) is 0 Å². The summed E-state index contributed by atoms with van der Waals surface area (Å²) in [7, 11) is 6.02. The molecule has 0 amide bonds. The summed E-state index contributed by atoms with van der Waals surface area (Å²) >= 11 is 0. The molecule has 0 spiro atoms.